The summed E-state index contributed by atoms with van der Waals surface area (Å²) in [5.41, 5.74) is 2.86. The number of hydrogen-bond acceptors (Lipinski definition) is 5. The Balaban J connectivity index is 2.25. The summed E-state index contributed by atoms with van der Waals surface area (Å²) in [6.07, 6.45) is 5.97. The van der Waals surface area contributed by atoms with E-state index in [0.29, 0.717) is 4.77 Å². The van der Waals surface area contributed by atoms with Gasteiger partial charge in [-0.05, 0) is 18.6 Å². The molecule has 1 aliphatic heterocycles. The lowest BCUT2D eigenvalue weighted by atomic mass is 10.1. The quantitative estimate of drug-likeness (QED) is 0.729. The molecule has 3 rings (SSSR count). The maximum absolute atomic E-state index is 5.09. The Morgan fingerprint density at radius 2 is 2.25 bits per heavy atom. The number of nitrogens with one attached hydrogen (secondary N) is 2. The summed E-state index contributed by atoms with van der Waals surface area (Å²) >= 11 is 5.09. The lowest BCUT2D eigenvalue weighted by molar-refractivity contribution is 1.07. The van der Waals surface area contributed by atoms with Crippen LogP contribution in [0.4, 0.5) is 5.82 Å². The number of H-pyrrole nitrogens is 1. The minimum atomic E-state index is 0.466. The van der Waals surface area contributed by atoms with Gasteiger partial charge in [0.15, 0.2) is 4.77 Å². The second-order valence-corrected chi connectivity index (χ2v) is 3.90. The van der Waals surface area contributed by atoms with Crippen LogP contribution >= 0.6 is 12.2 Å². The molecule has 0 spiro atoms. The molecule has 0 saturated heterocycles. The molecular formula is C10H9N5S. The van der Waals surface area contributed by atoms with Gasteiger partial charge in [-0.3, -0.25) is 9.97 Å². The number of hydrogen-bond donors (Lipinski definition) is 2. The number of aromatic nitrogens is 4. The van der Waals surface area contributed by atoms with Crippen LogP contribution in [0.25, 0.3) is 11.4 Å². The molecule has 0 fully saturated rings. The van der Waals surface area contributed by atoms with Gasteiger partial charge in [-0.2, -0.15) is 0 Å². The third-order valence-corrected chi connectivity index (χ3v) is 2.71. The van der Waals surface area contributed by atoms with Crippen molar-refractivity contribution in [3.63, 3.8) is 0 Å². The van der Waals surface area contributed by atoms with Gasteiger partial charge in [0, 0.05) is 24.5 Å². The zero-order valence-electron chi connectivity index (χ0n) is 8.40. The molecule has 2 aromatic rings. The van der Waals surface area contributed by atoms with E-state index >= 15 is 0 Å². The summed E-state index contributed by atoms with van der Waals surface area (Å²) in [6, 6.07) is 0. The molecular weight excluding hydrogens is 222 g/mol. The Labute approximate surface area is 97.0 Å². The molecule has 5 nitrogen and oxygen atoms in total. The minimum Gasteiger partial charge on any atom is -0.369 e. The number of aromatic amines is 1. The number of fused-ring (bicyclic) bond motifs is 1. The topological polar surface area (TPSA) is 66.5 Å². The average molecular weight is 231 g/mol. The Kier molecular flexibility index (Phi) is 2.14. The first kappa shape index (κ1) is 9.41. The summed E-state index contributed by atoms with van der Waals surface area (Å²) < 4.78 is 0.466. The molecule has 2 aromatic heterocycles. The monoisotopic (exact) mass is 231 g/mol. The first-order valence-electron chi connectivity index (χ1n) is 4.98. The van der Waals surface area contributed by atoms with E-state index in [1.807, 2.05) is 0 Å². The van der Waals surface area contributed by atoms with Crippen LogP contribution < -0.4 is 5.32 Å². The van der Waals surface area contributed by atoms with Crippen molar-refractivity contribution in [3.8, 4) is 11.4 Å². The Morgan fingerprint density at radius 3 is 3.06 bits per heavy atom. The molecule has 6 heteroatoms. The first-order chi connectivity index (χ1) is 7.84. The van der Waals surface area contributed by atoms with Gasteiger partial charge in [0.05, 0.1) is 11.9 Å². The van der Waals surface area contributed by atoms with Crippen LogP contribution in [0.3, 0.4) is 0 Å². The van der Waals surface area contributed by atoms with Gasteiger partial charge in [-0.1, -0.05) is 0 Å². The van der Waals surface area contributed by atoms with Crippen molar-refractivity contribution in [2.45, 2.75) is 6.42 Å². The summed E-state index contributed by atoms with van der Waals surface area (Å²) in [5, 5.41) is 3.21. The number of anilines is 1. The predicted octanol–water partition coefficient (Wildman–Crippen LogP) is 1.56. The van der Waals surface area contributed by atoms with Gasteiger partial charge in [-0.25, -0.2) is 4.98 Å². The van der Waals surface area contributed by atoms with E-state index in [9.17, 15) is 0 Å². The molecule has 3 heterocycles. The van der Waals surface area contributed by atoms with Crippen LogP contribution in [0.2, 0.25) is 0 Å². The maximum atomic E-state index is 5.09. The number of rotatable bonds is 1. The predicted molar refractivity (Wildman–Crippen MR) is 62.6 cm³/mol. The molecule has 1 aliphatic rings. The van der Waals surface area contributed by atoms with Gasteiger partial charge in [-0.15, -0.1) is 0 Å². The maximum Gasteiger partial charge on any atom is 0.199 e. The van der Waals surface area contributed by atoms with Crippen LogP contribution in [-0.2, 0) is 6.42 Å². The van der Waals surface area contributed by atoms with E-state index in [1.54, 1.807) is 18.6 Å². The van der Waals surface area contributed by atoms with E-state index < -0.39 is 0 Å². The summed E-state index contributed by atoms with van der Waals surface area (Å²) in [4.78, 5) is 15.7. The zero-order chi connectivity index (χ0) is 11.0. The molecule has 0 saturated carbocycles. The average Bonchev–Trinajstić information content (AvgIpc) is 2.77. The second-order valence-electron chi connectivity index (χ2n) is 3.51. The van der Waals surface area contributed by atoms with E-state index in [0.717, 1.165) is 35.7 Å². The van der Waals surface area contributed by atoms with Crippen LogP contribution in [0.15, 0.2) is 18.6 Å². The standard InChI is InChI=1S/C10H9N5S/c16-10-14-8(7-5-11-3-4-12-7)6-1-2-13-9(6)15-10/h3-5H,1-2H2,(H2,13,14,15,16). The largest absolute Gasteiger partial charge is 0.369 e. The molecule has 0 atom stereocenters. The summed E-state index contributed by atoms with van der Waals surface area (Å²) in [5.74, 6) is 0.865. The highest BCUT2D eigenvalue weighted by molar-refractivity contribution is 7.71. The fraction of sp³-hybridized carbons (Fsp3) is 0.200. The van der Waals surface area contributed by atoms with Crippen LogP contribution in [0.5, 0.6) is 0 Å². The lowest BCUT2D eigenvalue weighted by Gasteiger charge is -2.05. The molecule has 16 heavy (non-hydrogen) atoms. The smallest absolute Gasteiger partial charge is 0.199 e. The van der Waals surface area contributed by atoms with Gasteiger partial charge >= 0.3 is 0 Å². The third-order valence-electron chi connectivity index (χ3n) is 2.52. The minimum absolute atomic E-state index is 0.466. The van der Waals surface area contributed by atoms with Gasteiger partial charge in [0.25, 0.3) is 0 Å². The normalized spacial score (nSPS) is 13.2. The Bertz CT molecular complexity index is 578. The fourth-order valence-corrected chi connectivity index (χ4v) is 2.03. The van der Waals surface area contributed by atoms with Crippen molar-refractivity contribution >= 4 is 18.0 Å². The highest BCUT2D eigenvalue weighted by Gasteiger charge is 2.18. The zero-order valence-corrected chi connectivity index (χ0v) is 9.21. The van der Waals surface area contributed by atoms with Crippen molar-refractivity contribution in [2.75, 3.05) is 11.9 Å². The van der Waals surface area contributed by atoms with Crippen molar-refractivity contribution in [2.24, 2.45) is 0 Å². The van der Waals surface area contributed by atoms with E-state index in [4.69, 9.17) is 12.2 Å². The van der Waals surface area contributed by atoms with Crippen molar-refractivity contribution in [1.82, 2.24) is 19.9 Å². The van der Waals surface area contributed by atoms with Gasteiger partial charge in [0.2, 0.25) is 0 Å². The van der Waals surface area contributed by atoms with Crippen LogP contribution in [0, 0.1) is 4.77 Å². The van der Waals surface area contributed by atoms with Gasteiger partial charge in [0.1, 0.15) is 11.5 Å². The highest BCUT2D eigenvalue weighted by Crippen LogP contribution is 2.27. The lowest BCUT2D eigenvalue weighted by Crippen LogP contribution is -1.97. The van der Waals surface area contributed by atoms with Crippen LogP contribution in [0.1, 0.15) is 5.56 Å². The molecule has 0 amide bonds. The van der Waals surface area contributed by atoms with Gasteiger partial charge < -0.3 is 10.3 Å². The summed E-state index contributed by atoms with van der Waals surface area (Å²) in [6.45, 7) is 0.891. The Morgan fingerprint density at radius 1 is 1.31 bits per heavy atom. The first-order valence-corrected chi connectivity index (χ1v) is 5.39. The van der Waals surface area contributed by atoms with Crippen molar-refractivity contribution in [3.05, 3.63) is 28.9 Å². The molecule has 0 unspecified atom stereocenters. The third kappa shape index (κ3) is 1.47. The van der Waals surface area contributed by atoms with E-state index in [1.165, 1.54) is 0 Å². The fourth-order valence-electron chi connectivity index (χ4n) is 1.84. The van der Waals surface area contributed by atoms with E-state index in [-0.39, 0.29) is 0 Å². The SMILES string of the molecule is S=c1nc2c(c(-c3cnccn3)[nH]1)CCN2. The molecule has 0 bridgehead atoms. The highest BCUT2D eigenvalue weighted by atomic mass is 32.1. The van der Waals surface area contributed by atoms with Crippen molar-refractivity contribution < 1.29 is 0 Å². The molecule has 0 aliphatic carbocycles. The second kappa shape index (κ2) is 3.64. The molecule has 2 N–H and O–H groups in total. The molecule has 80 valence electrons. The molecule has 0 radical (unpaired) electrons. The number of nitrogens with zero attached hydrogens (tertiary/aromatic N) is 3. The van der Waals surface area contributed by atoms with Crippen molar-refractivity contribution in [1.29, 1.82) is 0 Å². The van der Waals surface area contributed by atoms with E-state index in [2.05, 4.69) is 25.3 Å². The summed E-state index contributed by atoms with van der Waals surface area (Å²) in [7, 11) is 0. The Hall–Kier alpha value is -1.82. The van der Waals surface area contributed by atoms with Crippen LogP contribution in [-0.4, -0.2) is 26.5 Å². The molecule has 0 aromatic carbocycles.